The van der Waals surface area contributed by atoms with E-state index in [4.69, 9.17) is 16.7 Å². The predicted molar refractivity (Wildman–Crippen MR) is 111 cm³/mol. The number of aromatic nitrogens is 3. The van der Waals surface area contributed by atoms with Gasteiger partial charge in [0.2, 0.25) is 0 Å². The highest BCUT2D eigenvalue weighted by molar-refractivity contribution is 6.29. The zero-order chi connectivity index (χ0) is 19.8. The number of carbonyl (C=O) groups is 1. The molecule has 0 N–H and O–H groups in total. The van der Waals surface area contributed by atoms with Crippen LogP contribution in [0.4, 0.5) is 0 Å². The first-order valence-electron chi connectivity index (χ1n) is 10.6. The lowest BCUT2D eigenvalue weighted by atomic mass is 9.91. The number of pyridine rings is 1. The molecule has 2 fully saturated rings. The van der Waals surface area contributed by atoms with Gasteiger partial charge in [-0.05, 0) is 18.9 Å². The van der Waals surface area contributed by atoms with E-state index < -0.39 is 0 Å². The van der Waals surface area contributed by atoms with Crippen molar-refractivity contribution in [2.45, 2.75) is 44.4 Å². The molecule has 1 atom stereocenters. The number of nitrogens with zero attached hydrogens (tertiary/aromatic N) is 6. The lowest BCUT2D eigenvalue weighted by Gasteiger charge is -2.46. The number of piperazine rings is 1. The fraction of sp³-hybridized carbons (Fsp3) is 0.571. The van der Waals surface area contributed by atoms with E-state index in [1.54, 1.807) is 6.20 Å². The molecule has 0 amide bonds. The molecule has 4 heterocycles. The van der Waals surface area contributed by atoms with E-state index in [2.05, 4.69) is 25.9 Å². The average Bonchev–Trinajstić information content (AvgIpc) is 3.12. The summed E-state index contributed by atoms with van der Waals surface area (Å²) < 4.78 is 1.87. The molecule has 1 unspecified atom stereocenters. The Morgan fingerprint density at radius 3 is 2.66 bits per heavy atom. The number of halogens is 1. The van der Waals surface area contributed by atoms with E-state index >= 15 is 0 Å². The highest BCUT2D eigenvalue weighted by atomic mass is 35.5. The van der Waals surface area contributed by atoms with Gasteiger partial charge in [-0.3, -0.25) is 14.7 Å². The summed E-state index contributed by atoms with van der Waals surface area (Å²) in [6.07, 6.45) is 9.64. The van der Waals surface area contributed by atoms with E-state index in [9.17, 15) is 4.79 Å². The summed E-state index contributed by atoms with van der Waals surface area (Å²) in [6.45, 7) is 5.70. The SMILES string of the molecule is O=CC(N1CCN(C2CCC2)CC1)N1CCc2nn(-c3ccnc(Cl)c3)cc2C1. The Morgan fingerprint density at radius 1 is 1.14 bits per heavy atom. The quantitative estimate of drug-likeness (QED) is 0.550. The van der Waals surface area contributed by atoms with Crippen molar-refractivity contribution in [1.82, 2.24) is 29.5 Å². The Hall–Kier alpha value is -1.80. The van der Waals surface area contributed by atoms with Crippen molar-refractivity contribution >= 4 is 17.9 Å². The summed E-state index contributed by atoms with van der Waals surface area (Å²) in [5, 5.41) is 5.19. The standard InChI is InChI=1S/C21H27ClN6O/c22-20-12-18(4-6-23-20)28-14-16-13-27(7-5-19(16)24-28)21(15-29)26-10-8-25(9-11-26)17-2-1-3-17/h4,6,12,14-15,17,21H,1-3,5,7-11,13H2. The summed E-state index contributed by atoms with van der Waals surface area (Å²) in [4.78, 5) is 23.3. The topological polar surface area (TPSA) is 57.5 Å². The summed E-state index contributed by atoms with van der Waals surface area (Å²) in [5.41, 5.74) is 3.20. The first-order valence-corrected chi connectivity index (χ1v) is 11.0. The summed E-state index contributed by atoms with van der Waals surface area (Å²) in [7, 11) is 0. The lowest BCUT2D eigenvalue weighted by Crippen LogP contribution is -2.59. The molecule has 3 aliphatic rings. The molecular weight excluding hydrogens is 388 g/mol. The Morgan fingerprint density at radius 2 is 1.97 bits per heavy atom. The van der Waals surface area contributed by atoms with E-state index in [-0.39, 0.29) is 6.17 Å². The third kappa shape index (κ3) is 3.84. The average molecular weight is 415 g/mol. The van der Waals surface area contributed by atoms with Crippen molar-refractivity contribution in [3.63, 3.8) is 0 Å². The van der Waals surface area contributed by atoms with Gasteiger partial charge in [0, 0.05) is 75.8 Å². The third-order valence-electron chi connectivity index (χ3n) is 6.67. The van der Waals surface area contributed by atoms with Crippen molar-refractivity contribution in [3.05, 3.63) is 40.9 Å². The molecule has 1 saturated heterocycles. The summed E-state index contributed by atoms with van der Waals surface area (Å²) in [6, 6.07) is 4.50. The van der Waals surface area contributed by atoms with Crippen molar-refractivity contribution in [1.29, 1.82) is 0 Å². The second kappa shape index (κ2) is 8.14. The molecular formula is C21H27ClN6O. The van der Waals surface area contributed by atoms with Crippen LogP contribution in [0.3, 0.4) is 0 Å². The van der Waals surface area contributed by atoms with Gasteiger partial charge in [-0.2, -0.15) is 5.10 Å². The number of rotatable bonds is 5. The fourth-order valence-electron chi connectivity index (χ4n) is 4.75. The zero-order valence-corrected chi connectivity index (χ0v) is 17.3. The monoisotopic (exact) mass is 414 g/mol. The number of carbonyl (C=O) groups excluding carboxylic acids is 1. The molecule has 0 bridgehead atoms. The molecule has 2 aromatic heterocycles. The molecule has 2 aromatic rings. The van der Waals surface area contributed by atoms with E-state index in [0.717, 1.165) is 69.4 Å². The maximum Gasteiger partial charge on any atom is 0.151 e. The zero-order valence-electron chi connectivity index (χ0n) is 16.6. The Kier molecular flexibility index (Phi) is 5.39. The minimum atomic E-state index is -0.148. The molecule has 0 aromatic carbocycles. The molecule has 154 valence electrons. The molecule has 29 heavy (non-hydrogen) atoms. The molecule has 0 radical (unpaired) electrons. The van der Waals surface area contributed by atoms with Gasteiger partial charge in [-0.25, -0.2) is 9.67 Å². The van der Waals surface area contributed by atoms with Gasteiger partial charge in [0.1, 0.15) is 11.3 Å². The van der Waals surface area contributed by atoms with E-state index in [0.29, 0.717) is 5.15 Å². The minimum absolute atomic E-state index is 0.148. The van der Waals surface area contributed by atoms with Crippen LogP contribution in [0.1, 0.15) is 30.5 Å². The van der Waals surface area contributed by atoms with Gasteiger partial charge in [0.25, 0.3) is 0 Å². The van der Waals surface area contributed by atoms with Gasteiger partial charge in [0.15, 0.2) is 6.29 Å². The molecule has 1 aliphatic carbocycles. The molecule has 5 rings (SSSR count). The van der Waals surface area contributed by atoms with Gasteiger partial charge in [-0.15, -0.1) is 0 Å². The van der Waals surface area contributed by atoms with Crippen molar-refractivity contribution in [3.8, 4) is 5.69 Å². The highest BCUT2D eigenvalue weighted by Crippen LogP contribution is 2.27. The number of hydrogen-bond acceptors (Lipinski definition) is 6. The Balaban J connectivity index is 1.26. The van der Waals surface area contributed by atoms with Crippen LogP contribution in [0.25, 0.3) is 5.69 Å². The second-order valence-electron chi connectivity index (χ2n) is 8.31. The minimum Gasteiger partial charge on any atom is -0.300 e. The molecule has 7 nitrogen and oxygen atoms in total. The maximum atomic E-state index is 12.0. The van der Waals surface area contributed by atoms with Crippen LogP contribution in [0.5, 0.6) is 0 Å². The molecule has 0 spiro atoms. The summed E-state index contributed by atoms with van der Waals surface area (Å²) >= 11 is 6.03. The Labute approximate surface area is 176 Å². The van der Waals surface area contributed by atoms with Gasteiger partial charge < -0.3 is 4.79 Å². The first-order chi connectivity index (χ1) is 14.2. The highest BCUT2D eigenvalue weighted by Gasteiger charge is 2.34. The largest absolute Gasteiger partial charge is 0.300 e. The van der Waals surface area contributed by atoms with Crippen LogP contribution in [0.15, 0.2) is 24.5 Å². The number of hydrogen-bond donors (Lipinski definition) is 0. The Bertz CT molecular complexity index is 874. The van der Waals surface area contributed by atoms with Crippen LogP contribution in [-0.2, 0) is 17.8 Å². The lowest BCUT2D eigenvalue weighted by molar-refractivity contribution is -0.121. The normalized spacial score (nSPS) is 22.8. The molecule has 8 heteroatoms. The second-order valence-corrected chi connectivity index (χ2v) is 8.70. The molecule has 2 aliphatic heterocycles. The van der Waals surface area contributed by atoms with Crippen molar-refractivity contribution in [2.75, 3.05) is 32.7 Å². The third-order valence-corrected chi connectivity index (χ3v) is 6.88. The van der Waals surface area contributed by atoms with E-state index in [1.807, 2.05) is 16.8 Å². The van der Waals surface area contributed by atoms with Gasteiger partial charge in [-0.1, -0.05) is 18.0 Å². The van der Waals surface area contributed by atoms with Crippen LogP contribution in [0, 0.1) is 0 Å². The number of aldehydes is 1. The first kappa shape index (κ1) is 19.2. The predicted octanol–water partition coefficient (Wildman–Crippen LogP) is 1.97. The van der Waals surface area contributed by atoms with Crippen LogP contribution in [-0.4, -0.2) is 80.7 Å². The fourth-order valence-corrected chi connectivity index (χ4v) is 4.92. The smallest absolute Gasteiger partial charge is 0.151 e. The van der Waals surface area contributed by atoms with Crippen LogP contribution >= 0.6 is 11.6 Å². The molecule has 1 saturated carbocycles. The van der Waals surface area contributed by atoms with Crippen LogP contribution < -0.4 is 0 Å². The maximum absolute atomic E-state index is 12.0. The van der Waals surface area contributed by atoms with Gasteiger partial charge >= 0.3 is 0 Å². The van der Waals surface area contributed by atoms with Crippen LogP contribution in [0.2, 0.25) is 5.15 Å². The number of fused-ring (bicyclic) bond motifs is 1. The van der Waals surface area contributed by atoms with Crippen molar-refractivity contribution in [2.24, 2.45) is 0 Å². The van der Waals surface area contributed by atoms with Gasteiger partial charge in [0.05, 0.1) is 11.4 Å². The van der Waals surface area contributed by atoms with E-state index in [1.165, 1.54) is 24.8 Å². The van der Waals surface area contributed by atoms with Crippen molar-refractivity contribution < 1.29 is 4.79 Å². The summed E-state index contributed by atoms with van der Waals surface area (Å²) in [5.74, 6) is 0.